The lowest BCUT2D eigenvalue weighted by Gasteiger charge is -2.45. The number of hydrogen-bond donors (Lipinski definition) is 0. The number of nitrogens with zero attached hydrogens (tertiary/aromatic N) is 1. The average molecular weight is 311 g/mol. The van der Waals surface area contributed by atoms with Crippen molar-refractivity contribution in [2.75, 3.05) is 6.54 Å². The monoisotopic (exact) mass is 311 g/mol. The van der Waals surface area contributed by atoms with Gasteiger partial charge in [0.05, 0.1) is 6.04 Å². The van der Waals surface area contributed by atoms with Crippen LogP contribution in [0.2, 0.25) is 0 Å². The van der Waals surface area contributed by atoms with Gasteiger partial charge in [-0.25, -0.2) is 4.79 Å². The van der Waals surface area contributed by atoms with Gasteiger partial charge in [-0.15, -0.1) is 0 Å². The fourth-order valence-electron chi connectivity index (χ4n) is 3.24. The van der Waals surface area contributed by atoms with Crippen LogP contribution < -0.4 is 5.46 Å². The molecule has 2 rings (SSSR count). The van der Waals surface area contributed by atoms with Crippen LogP contribution in [-0.2, 0) is 4.74 Å². The van der Waals surface area contributed by atoms with E-state index in [4.69, 9.17) is 12.6 Å². The predicted octanol–water partition coefficient (Wildman–Crippen LogP) is 3.74. The molecule has 2 radical (unpaired) electrons. The number of ether oxygens (including phenoxy) is 1. The van der Waals surface area contributed by atoms with Crippen molar-refractivity contribution in [1.29, 1.82) is 0 Å². The molecule has 0 aromatic heterocycles. The first-order valence-electron chi connectivity index (χ1n) is 8.24. The molecule has 1 aromatic rings. The zero-order valence-electron chi connectivity index (χ0n) is 14.6. The van der Waals surface area contributed by atoms with Crippen LogP contribution in [0.25, 0.3) is 0 Å². The van der Waals surface area contributed by atoms with Gasteiger partial charge in [-0.05, 0) is 25.3 Å². The Hall–Kier alpha value is -1.71. The van der Waals surface area contributed by atoms with Crippen molar-refractivity contribution in [3.63, 3.8) is 0 Å². The van der Waals surface area contributed by atoms with E-state index in [1.54, 1.807) is 4.90 Å². The SMILES string of the molecule is [B]c1ccc([C@H](C)N2CC[C@](CC(=C)C)(C(C)C)OC2=O)cc1. The number of benzene rings is 1. The fraction of sp³-hybridized carbons (Fsp3) is 0.526. The van der Waals surface area contributed by atoms with Crippen LogP contribution in [0.1, 0.15) is 52.1 Å². The first-order valence-corrected chi connectivity index (χ1v) is 8.24. The van der Waals surface area contributed by atoms with Crippen molar-refractivity contribution in [2.45, 2.75) is 52.2 Å². The minimum atomic E-state index is -0.430. The summed E-state index contributed by atoms with van der Waals surface area (Å²) in [5.41, 5.74) is 2.40. The lowest BCUT2D eigenvalue weighted by atomic mass is 9.80. The highest BCUT2D eigenvalue weighted by Crippen LogP contribution is 2.38. The Morgan fingerprint density at radius 2 is 1.96 bits per heavy atom. The van der Waals surface area contributed by atoms with E-state index in [0.717, 1.165) is 29.4 Å². The molecule has 1 aromatic carbocycles. The van der Waals surface area contributed by atoms with E-state index in [9.17, 15) is 4.79 Å². The van der Waals surface area contributed by atoms with Crippen LogP contribution in [0, 0.1) is 5.92 Å². The molecule has 1 saturated heterocycles. The molecule has 122 valence electrons. The van der Waals surface area contributed by atoms with E-state index in [1.165, 1.54) is 0 Å². The number of carbonyl (C=O) groups is 1. The number of rotatable bonds is 5. The summed E-state index contributed by atoms with van der Waals surface area (Å²) < 4.78 is 5.93. The highest BCUT2D eigenvalue weighted by molar-refractivity contribution is 6.32. The molecule has 4 heteroatoms. The van der Waals surface area contributed by atoms with Crippen LogP contribution in [0.15, 0.2) is 36.4 Å². The first-order chi connectivity index (χ1) is 10.7. The van der Waals surface area contributed by atoms with Crippen molar-refractivity contribution in [2.24, 2.45) is 5.92 Å². The second-order valence-corrected chi connectivity index (χ2v) is 7.01. The summed E-state index contributed by atoms with van der Waals surface area (Å²) >= 11 is 0. The van der Waals surface area contributed by atoms with E-state index in [-0.39, 0.29) is 18.1 Å². The van der Waals surface area contributed by atoms with Crippen molar-refractivity contribution < 1.29 is 9.53 Å². The summed E-state index contributed by atoms with van der Waals surface area (Å²) in [4.78, 5) is 14.4. The molecule has 1 heterocycles. The van der Waals surface area contributed by atoms with Gasteiger partial charge in [-0.1, -0.05) is 55.7 Å². The Balaban J connectivity index is 2.15. The minimum Gasteiger partial charge on any atom is -0.442 e. The van der Waals surface area contributed by atoms with E-state index in [2.05, 4.69) is 20.4 Å². The van der Waals surface area contributed by atoms with Gasteiger partial charge in [0, 0.05) is 19.4 Å². The van der Waals surface area contributed by atoms with Crippen molar-refractivity contribution in [1.82, 2.24) is 4.90 Å². The Labute approximate surface area is 141 Å². The molecular formula is C19H26BNO2. The van der Waals surface area contributed by atoms with E-state index >= 15 is 0 Å². The second-order valence-electron chi connectivity index (χ2n) is 7.01. The standard InChI is InChI=1S/C19H26BNO2/c1-13(2)12-19(14(3)4)10-11-21(18(22)23-19)15(5)16-6-8-17(20)9-7-16/h6-9,14-15H,1,10-12H2,2-5H3/t15-,19-/m0/s1. The van der Waals surface area contributed by atoms with Crippen LogP contribution >= 0.6 is 0 Å². The molecule has 0 saturated carbocycles. The summed E-state index contributed by atoms with van der Waals surface area (Å²) in [6, 6.07) is 7.62. The molecule has 3 nitrogen and oxygen atoms in total. The quantitative estimate of drug-likeness (QED) is 0.612. The molecule has 1 fully saturated rings. The maximum Gasteiger partial charge on any atom is 0.410 e. The van der Waals surface area contributed by atoms with Crippen LogP contribution in [0.4, 0.5) is 4.79 Å². The Kier molecular flexibility index (Phi) is 5.23. The summed E-state index contributed by atoms with van der Waals surface area (Å²) in [5.74, 6) is 0.261. The number of carbonyl (C=O) groups excluding carboxylic acids is 1. The molecule has 0 bridgehead atoms. The lowest BCUT2D eigenvalue weighted by Crippen LogP contribution is -2.52. The largest absolute Gasteiger partial charge is 0.442 e. The Morgan fingerprint density at radius 3 is 2.43 bits per heavy atom. The fourth-order valence-corrected chi connectivity index (χ4v) is 3.24. The number of cyclic esters (lactones) is 1. The van der Waals surface area contributed by atoms with Gasteiger partial charge in [0.25, 0.3) is 0 Å². The topological polar surface area (TPSA) is 29.5 Å². The van der Waals surface area contributed by atoms with E-state index in [0.29, 0.717) is 6.54 Å². The molecule has 23 heavy (non-hydrogen) atoms. The molecule has 1 amide bonds. The van der Waals surface area contributed by atoms with Gasteiger partial charge in [0.15, 0.2) is 0 Å². The molecular weight excluding hydrogens is 285 g/mol. The zero-order chi connectivity index (χ0) is 17.2. The maximum absolute atomic E-state index is 12.6. The van der Waals surface area contributed by atoms with Gasteiger partial charge >= 0.3 is 6.09 Å². The molecule has 2 atom stereocenters. The lowest BCUT2D eigenvalue weighted by molar-refractivity contribution is -0.0819. The highest BCUT2D eigenvalue weighted by Gasteiger charge is 2.44. The van der Waals surface area contributed by atoms with Crippen molar-refractivity contribution in [3.05, 3.63) is 42.0 Å². The Morgan fingerprint density at radius 1 is 1.35 bits per heavy atom. The van der Waals surface area contributed by atoms with Crippen molar-refractivity contribution in [3.8, 4) is 0 Å². The maximum atomic E-state index is 12.6. The van der Waals surface area contributed by atoms with Gasteiger partial charge in [-0.3, -0.25) is 0 Å². The molecule has 1 aliphatic heterocycles. The molecule has 1 aliphatic rings. The third-order valence-electron chi connectivity index (χ3n) is 4.84. The van der Waals surface area contributed by atoms with E-state index in [1.807, 2.05) is 38.1 Å². The molecule has 0 unspecified atom stereocenters. The van der Waals surface area contributed by atoms with Gasteiger partial charge in [0.2, 0.25) is 0 Å². The van der Waals surface area contributed by atoms with Crippen LogP contribution in [0.3, 0.4) is 0 Å². The van der Waals surface area contributed by atoms with Gasteiger partial charge < -0.3 is 9.64 Å². The molecule has 0 spiro atoms. The summed E-state index contributed by atoms with van der Waals surface area (Å²) in [6.45, 7) is 12.9. The summed E-state index contributed by atoms with van der Waals surface area (Å²) in [6.07, 6.45) is 1.30. The summed E-state index contributed by atoms with van der Waals surface area (Å²) in [7, 11) is 5.73. The average Bonchev–Trinajstić information content (AvgIpc) is 2.46. The van der Waals surface area contributed by atoms with Gasteiger partial charge in [0.1, 0.15) is 13.4 Å². The normalized spacial score (nSPS) is 22.8. The van der Waals surface area contributed by atoms with Crippen LogP contribution in [-0.4, -0.2) is 31.0 Å². The second kappa shape index (κ2) is 6.82. The van der Waals surface area contributed by atoms with Crippen LogP contribution in [0.5, 0.6) is 0 Å². The molecule has 0 N–H and O–H groups in total. The highest BCUT2D eigenvalue weighted by atomic mass is 16.6. The van der Waals surface area contributed by atoms with Gasteiger partial charge in [-0.2, -0.15) is 0 Å². The van der Waals surface area contributed by atoms with E-state index < -0.39 is 5.60 Å². The Bertz CT molecular complexity index is 582. The third kappa shape index (κ3) is 3.80. The summed E-state index contributed by atoms with van der Waals surface area (Å²) in [5, 5.41) is 0. The number of amides is 1. The first kappa shape index (κ1) is 17.6. The zero-order valence-corrected chi connectivity index (χ0v) is 14.6. The minimum absolute atomic E-state index is 0.0295. The predicted molar refractivity (Wildman–Crippen MR) is 95.0 cm³/mol. The molecule has 0 aliphatic carbocycles. The smallest absolute Gasteiger partial charge is 0.410 e. The third-order valence-corrected chi connectivity index (χ3v) is 4.84. The van der Waals surface area contributed by atoms with Crippen molar-refractivity contribution >= 4 is 19.4 Å². The number of hydrogen-bond acceptors (Lipinski definition) is 2.